The minimum Gasteiger partial charge on any atom is -0.383 e. The van der Waals surface area contributed by atoms with Crippen LogP contribution in [-0.2, 0) is 23.1 Å². The molecule has 1 unspecified atom stereocenters. The van der Waals surface area contributed by atoms with E-state index in [4.69, 9.17) is 4.74 Å². The SMILES string of the molecule is COCCNC(=O)C(C)NCc1cn(C)nc1C. The van der Waals surface area contributed by atoms with E-state index in [1.807, 2.05) is 27.1 Å². The van der Waals surface area contributed by atoms with Crippen LogP contribution in [0.25, 0.3) is 0 Å². The zero-order chi connectivity index (χ0) is 13.5. The van der Waals surface area contributed by atoms with Crippen molar-refractivity contribution < 1.29 is 9.53 Å². The Morgan fingerprint density at radius 3 is 2.89 bits per heavy atom. The van der Waals surface area contributed by atoms with Crippen molar-refractivity contribution in [2.45, 2.75) is 26.4 Å². The lowest BCUT2D eigenvalue weighted by molar-refractivity contribution is -0.122. The van der Waals surface area contributed by atoms with Gasteiger partial charge in [-0.15, -0.1) is 0 Å². The third-order valence-electron chi connectivity index (χ3n) is 2.71. The van der Waals surface area contributed by atoms with Gasteiger partial charge in [0.25, 0.3) is 0 Å². The highest BCUT2D eigenvalue weighted by molar-refractivity contribution is 5.81. The lowest BCUT2D eigenvalue weighted by atomic mass is 10.2. The summed E-state index contributed by atoms with van der Waals surface area (Å²) >= 11 is 0. The molecular weight excluding hydrogens is 232 g/mol. The molecule has 18 heavy (non-hydrogen) atoms. The van der Waals surface area contributed by atoms with Gasteiger partial charge in [-0.3, -0.25) is 9.48 Å². The molecule has 0 bridgehead atoms. The Hall–Kier alpha value is -1.40. The Kier molecular flexibility index (Phi) is 5.80. The minimum absolute atomic E-state index is 0.0198. The van der Waals surface area contributed by atoms with E-state index in [9.17, 15) is 4.79 Å². The molecule has 0 fully saturated rings. The van der Waals surface area contributed by atoms with E-state index in [1.165, 1.54) is 0 Å². The van der Waals surface area contributed by atoms with Crippen LogP contribution >= 0.6 is 0 Å². The van der Waals surface area contributed by atoms with E-state index in [-0.39, 0.29) is 11.9 Å². The Morgan fingerprint density at radius 2 is 2.33 bits per heavy atom. The highest BCUT2D eigenvalue weighted by Crippen LogP contribution is 2.04. The molecule has 1 heterocycles. The average Bonchev–Trinajstić information content (AvgIpc) is 2.65. The van der Waals surface area contributed by atoms with Crippen LogP contribution in [0, 0.1) is 6.92 Å². The molecule has 2 N–H and O–H groups in total. The first-order chi connectivity index (χ1) is 8.54. The van der Waals surface area contributed by atoms with Crippen LogP contribution in [0.15, 0.2) is 6.20 Å². The zero-order valence-corrected chi connectivity index (χ0v) is 11.5. The van der Waals surface area contributed by atoms with Crippen molar-refractivity contribution in [3.05, 3.63) is 17.5 Å². The van der Waals surface area contributed by atoms with Gasteiger partial charge in [0.05, 0.1) is 18.3 Å². The summed E-state index contributed by atoms with van der Waals surface area (Å²) in [5, 5.41) is 10.2. The number of aromatic nitrogens is 2. The molecule has 0 saturated carbocycles. The Bertz CT molecular complexity index is 389. The van der Waals surface area contributed by atoms with Gasteiger partial charge in [0.15, 0.2) is 0 Å². The molecule has 0 aliphatic heterocycles. The van der Waals surface area contributed by atoms with Crippen LogP contribution in [0.4, 0.5) is 0 Å². The smallest absolute Gasteiger partial charge is 0.236 e. The second kappa shape index (κ2) is 7.13. The summed E-state index contributed by atoms with van der Waals surface area (Å²) in [6.07, 6.45) is 1.96. The molecule has 1 aromatic rings. The van der Waals surface area contributed by atoms with Gasteiger partial charge in [0, 0.05) is 39.0 Å². The quantitative estimate of drug-likeness (QED) is 0.671. The molecule has 0 radical (unpaired) electrons. The fourth-order valence-corrected chi connectivity index (χ4v) is 1.61. The minimum atomic E-state index is -0.235. The number of nitrogens with zero attached hydrogens (tertiary/aromatic N) is 2. The third-order valence-corrected chi connectivity index (χ3v) is 2.71. The maximum Gasteiger partial charge on any atom is 0.236 e. The molecule has 1 rings (SSSR count). The molecule has 0 aromatic carbocycles. The lowest BCUT2D eigenvalue weighted by Crippen LogP contribution is -2.42. The Morgan fingerprint density at radius 1 is 1.61 bits per heavy atom. The van der Waals surface area contributed by atoms with Crippen molar-refractivity contribution in [1.82, 2.24) is 20.4 Å². The van der Waals surface area contributed by atoms with E-state index in [1.54, 1.807) is 11.8 Å². The van der Waals surface area contributed by atoms with Crippen LogP contribution < -0.4 is 10.6 Å². The first kappa shape index (κ1) is 14.7. The number of nitrogens with one attached hydrogen (secondary N) is 2. The van der Waals surface area contributed by atoms with E-state index < -0.39 is 0 Å². The highest BCUT2D eigenvalue weighted by Gasteiger charge is 2.12. The predicted octanol–water partition coefficient (Wildman–Crippen LogP) is -0.0308. The van der Waals surface area contributed by atoms with Gasteiger partial charge in [-0.25, -0.2) is 0 Å². The van der Waals surface area contributed by atoms with Gasteiger partial charge < -0.3 is 15.4 Å². The molecule has 1 atom stereocenters. The average molecular weight is 254 g/mol. The summed E-state index contributed by atoms with van der Waals surface area (Å²) in [5.41, 5.74) is 2.09. The number of rotatable bonds is 7. The van der Waals surface area contributed by atoms with E-state index >= 15 is 0 Å². The number of hydrogen-bond acceptors (Lipinski definition) is 4. The van der Waals surface area contributed by atoms with Crippen molar-refractivity contribution in [3.63, 3.8) is 0 Å². The number of aryl methyl sites for hydroxylation is 2. The Balaban J connectivity index is 2.34. The van der Waals surface area contributed by atoms with E-state index in [0.717, 1.165) is 11.3 Å². The van der Waals surface area contributed by atoms with Gasteiger partial charge >= 0.3 is 0 Å². The molecule has 6 nitrogen and oxygen atoms in total. The highest BCUT2D eigenvalue weighted by atomic mass is 16.5. The summed E-state index contributed by atoms with van der Waals surface area (Å²) < 4.78 is 6.65. The van der Waals surface area contributed by atoms with Crippen molar-refractivity contribution in [2.75, 3.05) is 20.3 Å². The molecule has 1 amide bonds. The molecule has 6 heteroatoms. The lowest BCUT2D eigenvalue weighted by Gasteiger charge is -2.13. The molecule has 1 aromatic heterocycles. The van der Waals surface area contributed by atoms with Crippen LogP contribution in [0.3, 0.4) is 0 Å². The van der Waals surface area contributed by atoms with Crippen LogP contribution in [-0.4, -0.2) is 42.0 Å². The number of hydrogen-bond donors (Lipinski definition) is 2. The second-order valence-electron chi connectivity index (χ2n) is 4.30. The fourth-order valence-electron chi connectivity index (χ4n) is 1.61. The monoisotopic (exact) mass is 254 g/mol. The van der Waals surface area contributed by atoms with Gasteiger partial charge in [-0.05, 0) is 13.8 Å². The molecule has 0 aliphatic carbocycles. The largest absolute Gasteiger partial charge is 0.383 e. The summed E-state index contributed by atoms with van der Waals surface area (Å²) in [6.45, 7) is 5.50. The zero-order valence-electron chi connectivity index (χ0n) is 11.5. The number of amides is 1. The van der Waals surface area contributed by atoms with Gasteiger partial charge in [-0.2, -0.15) is 5.10 Å². The number of methoxy groups -OCH3 is 1. The number of carbonyl (C=O) groups excluding carboxylic acids is 1. The second-order valence-corrected chi connectivity index (χ2v) is 4.30. The van der Waals surface area contributed by atoms with Gasteiger partial charge in [0.1, 0.15) is 0 Å². The van der Waals surface area contributed by atoms with Gasteiger partial charge in [0.2, 0.25) is 5.91 Å². The summed E-state index contributed by atoms with van der Waals surface area (Å²) in [6, 6.07) is -0.235. The molecule has 102 valence electrons. The number of ether oxygens (including phenoxy) is 1. The van der Waals surface area contributed by atoms with Crippen molar-refractivity contribution >= 4 is 5.91 Å². The Labute approximate surface area is 108 Å². The molecule has 0 saturated heterocycles. The van der Waals surface area contributed by atoms with E-state index in [0.29, 0.717) is 19.7 Å². The first-order valence-corrected chi connectivity index (χ1v) is 6.03. The maximum atomic E-state index is 11.7. The number of carbonyl (C=O) groups is 1. The van der Waals surface area contributed by atoms with Crippen LogP contribution in [0.2, 0.25) is 0 Å². The third kappa shape index (κ3) is 4.46. The van der Waals surface area contributed by atoms with Crippen LogP contribution in [0.5, 0.6) is 0 Å². The maximum absolute atomic E-state index is 11.7. The van der Waals surface area contributed by atoms with Gasteiger partial charge in [-0.1, -0.05) is 0 Å². The summed E-state index contributed by atoms with van der Waals surface area (Å²) in [7, 11) is 3.50. The van der Waals surface area contributed by atoms with Crippen molar-refractivity contribution in [2.24, 2.45) is 7.05 Å². The topological polar surface area (TPSA) is 68.2 Å². The molecule has 0 aliphatic rings. The van der Waals surface area contributed by atoms with Crippen LogP contribution in [0.1, 0.15) is 18.2 Å². The van der Waals surface area contributed by atoms with Crippen molar-refractivity contribution in [3.8, 4) is 0 Å². The normalized spacial score (nSPS) is 12.4. The molecular formula is C12H22N4O2. The summed E-state index contributed by atoms with van der Waals surface area (Å²) in [4.78, 5) is 11.7. The summed E-state index contributed by atoms with van der Waals surface area (Å²) in [5.74, 6) is -0.0198. The fraction of sp³-hybridized carbons (Fsp3) is 0.667. The standard InChI is InChI=1S/C12H22N4O2/c1-9-11(8-16(3)15-9)7-14-10(2)12(17)13-5-6-18-4/h8,10,14H,5-7H2,1-4H3,(H,13,17). The predicted molar refractivity (Wildman–Crippen MR) is 69.1 cm³/mol. The van der Waals surface area contributed by atoms with Crippen molar-refractivity contribution in [1.29, 1.82) is 0 Å². The van der Waals surface area contributed by atoms with E-state index in [2.05, 4.69) is 15.7 Å². The molecule has 0 spiro atoms. The first-order valence-electron chi connectivity index (χ1n) is 6.03.